The van der Waals surface area contributed by atoms with Crippen LogP contribution in [0, 0.1) is 11.3 Å². The maximum absolute atomic E-state index is 10.8. The molecule has 5 nitrogen and oxygen atoms in total. The van der Waals surface area contributed by atoms with Gasteiger partial charge in [-0.25, -0.2) is 0 Å². The van der Waals surface area contributed by atoms with Crippen LogP contribution in [0.5, 0.6) is 0 Å². The summed E-state index contributed by atoms with van der Waals surface area (Å²) in [7, 11) is 1.69. The van der Waals surface area contributed by atoms with Crippen molar-refractivity contribution in [3.8, 4) is 0 Å². The first kappa shape index (κ1) is 21.6. The maximum atomic E-state index is 10.8. The van der Waals surface area contributed by atoms with Crippen molar-refractivity contribution < 1.29 is 14.6 Å². The molecule has 6 heteroatoms. The van der Waals surface area contributed by atoms with Crippen LogP contribution in [-0.4, -0.2) is 42.8 Å². The number of ether oxygens (including phenoxy) is 1. The third kappa shape index (κ3) is 10.9. The largest absolute Gasteiger partial charge is 0.396 e. The summed E-state index contributed by atoms with van der Waals surface area (Å²) in [6, 6.07) is 7.27. The van der Waals surface area contributed by atoms with E-state index in [9.17, 15) is 4.79 Å². The number of hydrogen-bond acceptors (Lipinski definition) is 5. The fourth-order valence-electron chi connectivity index (χ4n) is 1.51. The van der Waals surface area contributed by atoms with E-state index in [1.165, 1.54) is 0 Å². The Morgan fingerprint density at radius 3 is 2.35 bits per heavy atom. The van der Waals surface area contributed by atoms with Gasteiger partial charge in [0.2, 0.25) is 0 Å². The van der Waals surface area contributed by atoms with Crippen molar-refractivity contribution in [2.24, 2.45) is 11.7 Å². The quantitative estimate of drug-likeness (QED) is 0.366. The van der Waals surface area contributed by atoms with E-state index in [0.717, 1.165) is 30.1 Å². The number of methoxy groups -OCH3 is 1. The summed E-state index contributed by atoms with van der Waals surface area (Å²) in [5.41, 5.74) is 5.44. The summed E-state index contributed by atoms with van der Waals surface area (Å²) < 4.78 is 4.96. The van der Waals surface area contributed by atoms with Crippen molar-refractivity contribution in [3.63, 3.8) is 0 Å². The molecule has 0 aliphatic heterocycles. The molecule has 0 saturated carbocycles. The molecule has 0 fully saturated rings. The van der Waals surface area contributed by atoms with Crippen molar-refractivity contribution in [2.75, 3.05) is 26.1 Å². The van der Waals surface area contributed by atoms with Gasteiger partial charge >= 0.3 is 0 Å². The fourth-order valence-corrected chi connectivity index (χ4v) is 2.34. The number of nitrogens with two attached hydrogens (primary N) is 1. The molecule has 0 saturated heterocycles. The van der Waals surface area contributed by atoms with E-state index in [4.69, 9.17) is 21.0 Å². The number of carbonyl (C=O) groups is 1. The summed E-state index contributed by atoms with van der Waals surface area (Å²) >= 11 is 1.72. The molecule has 1 rings (SSSR count). The SMILES string of the molecule is CC(C)CCO.COCCCSc1ccc(C(=N)C(N)=O)cc1. The maximum Gasteiger partial charge on any atom is 0.267 e. The number of carbonyl (C=O) groups excluding carboxylic acids is 1. The van der Waals surface area contributed by atoms with E-state index < -0.39 is 5.91 Å². The van der Waals surface area contributed by atoms with Crippen LogP contribution in [0.4, 0.5) is 0 Å². The second kappa shape index (κ2) is 13.1. The summed E-state index contributed by atoms with van der Waals surface area (Å²) in [5, 5.41) is 15.7. The van der Waals surface area contributed by atoms with Gasteiger partial charge in [-0.05, 0) is 30.9 Å². The monoisotopic (exact) mass is 340 g/mol. The van der Waals surface area contributed by atoms with Gasteiger partial charge in [-0.3, -0.25) is 10.2 Å². The minimum absolute atomic E-state index is 0.152. The molecule has 1 aromatic carbocycles. The number of aliphatic hydroxyl groups is 1. The number of nitrogens with one attached hydrogen (secondary N) is 1. The molecular formula is C17H28N2O3S. The molecule has 0 aromatic heterocycles. The zero-order valence-electron chi connectivity index (χ0n) is 14.2. The molecule has 0 unspecified atom stereocenters. The van der Waals surface area contributed by atoms with E-state index in [1.807, 2.05) is 12.1 Å². The number of thioether (sulfide) groups is 1. The number of hydrogen-bond donors (Lipinski definition) is 3. The minimum Gasteiger partial charge on any atom is -0.396 e. The molecule has 23 heavy (non-hydrogen) atoms. The Labute approximate surface area is 143 Å². The van der Waals surface area contributed by atoms with Crippen LogP contribution in [0.1, 0.15) is 32.3 Å². The normalized spacial score (nSPS) is 10.1. The predicted molar refractivity (Wildman–Crippen MR) is 96.2 cm³/mol. The van der Waals surface area contributed by atoms with Gasteiger partial charge in [-0.2, -0.15) is 0 Å². The summed E-state index contributed by atoms with van der Waals surface area (Å²) in [4.78, 5) is 11.9. The topological polar surface area (TPSA) is 96.4 Å². The smallest absolute Gasteiger partial charge is 0.267 e. The Morgan fingerprint density at radius 1 is 1.35 bits per heavy atom. The van der Waals surface area contributed by atoms with Gasteiger partial charge in [0, 0.05) is 36.5 Å². The highest BCUT2D eigenvalue weighted by atomic mass is 32.2. The molecule has 0 aliphatic rings. The third-order valence-corrected chi connectivity index (χ3v) is 3.96. The van der Waals surface area contributed by atoms with E-state index >= 15 is 0 Å². The zero-order chi connectivity index (χ0) is 17.7. The number of benzene rings is 1. The van der Waals surface area contributed by atoms with Crippen LogP contribution in [0.25, 0.3) is 0 Å². The van der Waals surface area contributed by atoms with E-state index in [2.05, 4.69) is 13.8 Å². The summed E-state index contributed by atoms with van der Waals surface area (Å²) in [5.74, 6) is 0.931. The lowest BCUT2D eigenvalue weighted by molar-refractivity contribution is -0.112. The van der Waals surface area contributed by atoms with Crippen LogP contribution in [-0.2, 0) is 9.53 Å². The van der Waals surface area contributed by atoms with Gasteiger partial charge in [0.1, 0.15) is 5.71 Å². The standard InChI is InChI=1S/C12H16N2O2S.C5H12O/c1-16-7-2-8-17-10-5-3-9(4-6-10)11(13)12(14)15;1-5(2)3-4-6/h3-6,13H,2,7-8H2,1H3,(H2,14,15);5-6H,3-4H2,1-2H3. The highest BCUT2D eigenvalue weighted by Gasteiger charge is 2.06. The van der Waals surface area contributed by atoms with Crippen LogP contribution in [0.2, 0.25) is 0 Å². The predicted octanol–water partition coefficient (Wildman–Crippen LogP) is 2.69. The fraction of sp³-hybridized carbons (Fsp3) is 0.529. The first-order valence-electron chi connectivity index (χ1n) is 7.63. The van der Waals surface area contributed by atoms with Crippen LogP contribution >= 0.6 is 11.8 Å². The Morgan fingerprint density at radius 2 is 1.96 bits per heavy atom. The molecular weight excluding hydrogens is 312 g/mol. The Hall–Kier alpha value is -1.37. The van der Waals surface area contributed by atoms with Crippen molar-refractivity contribution in [3.05, 3.63) is 29.8 Å². The number of amides is 1. The molecule has 130 valence electrons. The van der Waals surface area contributed by atoms with Crippen LogP contribution < -0.4 is 5.73 Å². The van der Waals surface area contributed by atoms with Crippen molar-refractivity contribution >= 4 is 23.4 Å². The van der Waals surface area contributed by atoms with Crippen LogP contribution in [0.3, 0.4) is 0 Å². The van der Waals surface area contributed by atoms with E-state index in [0.29, 0.717) is 18.1 Å². The van der Waals surface area contributed by atoms with Gasteiger partial charge in [0.25, 0.3) is 5.91 Å². The highest BCUT2D eigenvalue weighted by Crippen LogP contribution is 2.19. The summed E-state index contributed by atoms with van der Waals surface area (Å²) in [6.07, 6.45) is 1.93. The molecule has 0 atom stereocenters. The molecule has 1 amide bonds. The van der Waals surface area contributed by atoms with Crippen molar-refractivity contribution in [1.82, 2.24) is 0 Å². The average Bonchev–Trinajstić information content (AvgIpc) is 2.52. The zero-order valence-corrected chi connectivity index (χ0v) is 15.0. The highest BCUT2D eigenvalue weighted by molar-refractivity contribution is 7.99. The average molecular weight is 340 g/mol. The third-order valence-electron chi connectivity index (χ3n) is 2.86. The van der Waals surface area contributed by atoms with Gasteiger partial charge in [0.15, 0.2) is 0 Å². The lowest BCUT2D eigenvalue weighted by Crippen LogP contribution is -2.22. The molecule has 1 aromatic rings. The van der Waals surface area contributed by atoms with E-state index in [1.54, 1.807) is 31.0 Å². The second-order valence-electron chi connectivity index (χ2n) is 5.36. The van der Waals surface area contributed by atoms with Crippen molar-refractivity contribution in [2.45, 2.75) is 31.6 Å². The molecule has 0 radical (unpaired) electrons. The first-order chi connectivity index (χ1) is 10.9. The first-order valence-corrected chi connectivity index (χ1v) is 8.62. The lowest BCUT2D eigenvalue weighted by atomic mass is 10.1. The van der Waals surface area contributed by atoms with Gasteiger partial charge in [-0.1, -0.05) is 26.0 Å². The van der Waals surface area contributed by atoms with Gasteiger partial charge in [0.05, 0.1) is 0 Å². The number of primary amides is 1. The Balaban J connectivity index is 0.000000688. The Bertz CT molecular complexity index is 461. The molecule has 0 spiro atoms. The molecule has 0 heterocycles. The molecule has 0 aliphatic carbocycles. The lowest BCUT2D eigenvalue weighted by Gasteiger charge is -2.03. The van der Waals surface area contributed by atoms with E-state index in [-0.39, 0.29) is 5.71 Å². The number of aliphatic hydroxyl groups excluding tert-OH is 1. The Kier molecular flexibility index (Phi) is 12.3. The van der Waals surface area contributed by atoms with Crippen LogP contribution in [0.15, 0.2) is 29.2 Å². The molecule has 4 N–H and O–H groups in total. The van der Waals surface area contributed by atoms with Crippen molar-refractivity contribution in [1.29, 1.82) is 5.41 Å². The van der Waals surface area contributed by atoms with Gasteiger partial charge in [-0.15, -0.1) is 11.8 Å². The second-order valence-corrected chi connectivity index (χ2v) is 6.53. The number of rotatable bonds is 9. The van der Waals surface area contributed by atoms with Gasteiger partial charge < -0.3 is 15.6 Å². The summed E-state index contributed by atoms with van der Waals surface area (Å²) in [6.45, 7) is 5.28. The molecule has 0 bridgehead atoms. The minimum atomic E-state index is -0.703.